The number of urea groups is 1. The molecule has 11 heteroatoms. The molecule has 198 valence electrons. The average molecular weight is 547 g/mol. The number of sulfonamides is 1. The Morgan fingerprint density at radius 2 is 1.78 bits per heavy atom. The Morgan fingerprint density at radius 3 is 2.43 bits per heavy atom. The quantitative estimate of drug-likeness (QED) is 0.535. The van der Waals surface area contributed by atoms with Crippen LogP contribution in [0.5, 0.6) is 0 Å². The molecule has 0 aliphatic carbocycles. The van der Waals surface area contributed by atoms with Crippen molar-refractivity contribution in [3.05, 3.63) is 76.5 Å². The van der Waals surface area contributed by atoms with Crippen molar-refractivity contribution < 1.29 is 22.7 Å². The number of likely N-dealkylation sites (N-methyl/N-ethyl adjacent to an activating group) is 1. The largest absolute Gasteiger partial charge is 0.463 e. The zero-order valence-electron chi connectivity index (χ0n) is 21.1. The molecule has 4 rings (SSSR count). The zero-order chi connectivity index (χ0) is 26.7. The summed E-state index contributed by atoms with van der Waals surface area (Å²) in [5.41, 5.74) is 1.40. The monoisotopic (exact) mass is 546 g/mol. The van der Waals surface area contributed by atoms with Crippen LogP contribution in [0.2, 0.25) is 5.02 Å². The summed E-state index contributed by atoms with van der Waals surface area (Å²) in [6.07, 6.45) is 0. The molecular weight excluding hydrogens is 516 g/mol. The minimum Gasteiger partial charge on any atom is -0.463 e. The molecule has 0 unspecified atom stereocenters. The van der Waals surface area contributed by atoms with E-state index in [9.17, 15) is 18.0 Å². The summed E-state index contributed by atoms with van der Waals surface area (Å²) in [7, 11) is -2.03. The first-order chi connectivity index (χ1) is 17.6. The second-order valence-electron chi connectivity index (χ2n) is 9.06. The van der Waals surface area contributed by atoms with Crippen LogP contribution in [0, 0.1) is 0 Å². The van der Waals surface area contributed by atoms with Gasteiger partial charge in [0.15, 0.2) is 0 Å². The Labute approximate surface area is 222 Å². The minimum absolute atomic E-state index is 0.176. The molecular formula is C26H31ClN4O5S. The van der Waals surface area contributed by atoms with E-state index in [-0.39, 0.29) is 36.7 Å². The average Bonchev–Trinajstić information content (AvgIpc) is 2.87. The lowest BCUT2D eigenvalue weighted by Crippen LogP contribution is -2.56. The molecule has 9 nitrogen and oxygen atoms in total. The highest BCUT2D eigenvalue weighted by atomic mass is 35.5. The number of rotatable bonds is 7. The highest BCUT2D eigenvalue weighted by Gasteiger charge is 2.40. The van der Waals surface area contributed by atoms with Crippen molar-refractivity contribution >= 4 is 33.6 Å². The van der Waals surface area contributed by atoms with Crippen molar-refractivity contribution in [1.82, 2.24) is 19.4 Å². The summed E-state index contributed by atoms with van der Waals surface area (Å²) < 4.78 is 33.3. The van der Waals surface area contributed by atoms with Crippen LogP contribution >= 0.6 is 11.6 Å². The molecule has 0 saturated carbocycles. The van der Waals surface area contributed by atoms with Crippen LogP contribution in [0.15, 0.2) is 70.8 Å². The number of nitrogens with one attached hydrogen (secondary N) is 1. The van der Waals surface area contributed by atoms with Gasteiger partial charge in [0.1, 0.15) is 0 Å². The maximum absolute atomic E-state index is 13.2. The fourth-order valence-corrected chi connectivity index (χ4v) is 6.68. The first-order valence-electron chi connectivity index (χ1n) is 12.1. The number of nitrogens with zero attached hydrogens (tertiary/aromatic N) is 3. The summed E-state index contributed by atoms with van der Waals surface area (Å²) in [5, 5.41) is 3.29. The predicted molar refractivity (Wildman–Crippen MR) is 140 cm³/mol. The number of hydrogen-bond donors (Lipinski definition) is 1. The molecule has 1 N–H and O–H groups in total. The number of hydrogen-bond acceptors (Lipinski definition) is 6. The van der Waals surface area contributed by atoms with Crippen LogP contribution in [0.4, 0.5) is 4.79 Å². The number of piperazine rings is 1. The third-order valence-electron chi connectivity index (χ3n) is 6.66. The summed E-state index contributed by atoms with van der Waals surface area (Å²) in [6, 6.07) is 14.0. The molecule has 2 aliphatic rings. The fourth-order valence-electron chi connectivity index (χ4n) is 4.80. The van der Waals surface area contributed by atoms with Gasteiger partial charge in [0, 0.05) is 50.0 Å². The zero-order valence-corrected chi connectivity index (χ0v) is 22.6. The van der Waals surface area contributed by atoms with Crippen LogP contribution in [-0.2, 0) is 19.6 Å². The Kier molecular flexibility index (Phi) is 8.23. The SMILES string of the molecule is CCOC(=O)C1=C(CN2CCN(S(=O)(=O)c3ccccc3)[C@H](C)C2)N(C)C(=O)N[C@@H]1c1ccccc1Cl. The number of ether oxygens (including phenoxy) is 1. The van der Waals surface area contributed by atoms with Gasteiger partial charge in [-0.25, -0.2) is 18.0 Å². The molecule has 2 aromatic carbocycles. The third kappa shape index (κ3) is 5.52. The minimum atomic E-state index is -3.64. The van der Waals surface area contributed by atoms with Crippen LogP contribution in [-0.4, -0.2) is 80.4 Å². The van der Waals surface area contributed by atoms with Gasteiger partial charge in [-0.05, 0) is 37.6 Å². The predicted octanol–water partition coefficient (Wildman–Crippen LogP) is 3.25. The second kappa shape index (κ2) is 11.2. The van der Waals surface area contributed by atoms with E-state index >= 15 is 0 Å². The summed E-state index contributed by atoms with van der Waals surface area (Å²) in [6.45, 7) is 5.17. The Morgan fingerprint density at radius 1 is 1.11 bits per heavy atom. The molecule has 1 saturated heterocycles. The molecule has 2 amide bonds. The highest BCUT2D eigenvalue weighted by Crippen LogP contribution is 2.35. The molecule has 0 aromatic heterocycles. The molecule has 2 aromatic rings. The van der Waals surface area contributed by atoms with Gasteiger partial charge in [-0.3, -0.25) is 9.80 Å². The van der Waals surface area contributed by atoms with Crippen molar-refractivity contribution in [2.45, 2.75) is 30.8 Å². The van der Waals surface area contributed by atoms with E-state index in [0.29, 0.717) is 34.9 Å². The summed E-state index contributed by atoms with van der Waals surface area (Å²) >= 11 is 6.44. The van der Waals surface area contributed by atoms with Gasteiger partial charge in [-0.1, -0.05) is 48.0 Å². The van der Waals surface area contributed by atoms with E-state index in [0.717, 1.165) is 0 Å². The fraction of sp³-hybridized carbons (Fsp3) is 0.385. The molecule has 0 radical (unpaired) electrons. The third-order valence-corrected chi connectivity index (χ3v) is 9.03. The molecule has 1 fully saturated rings. The first kappa shape index (κ1) is 27.1. The number of halogens is 1. The molecule has 37 heavy (non-hydrogen) atoms. The molecule has 2 atom stereocenters. The number of benzene rings is 2. The molecule has 0 spiro atoms. The molecule has 2 aliphatic heterocycles. The van der Waals surface area contributed by atoms with E-state index in [1.54, 1.807) is 68.6 Å². The smallest absolute Gasteiger partial charge is 0.338 e. The Balaban J connectivity index is 1.64. The normalized spacial score (nSPS) is 21.6. The lowest BCUT2D eigenvalue weighted by atomic mass is 9.94. The van der Waals surface area contributed by atoms with Gasteiger partial charge in [0.2, 0.25) is 10.0 Å². The Hall–Kier alpha value is -2.92. The molecule has 2 heterocycles. The molecule has 0 bridgehead atoms. The number of carbonyl (C=O) groups is 2. The van der Waals surface area contributed by atoms with Crippen LogP contribution in [0.25, 0.3) is 0 Å². The highest BCUT2D eigenvalue weighted by molar-refractivity contribution is 7.89. The van der Waals surface area contributed by atoms with E-state index in [1.165, 1.54) is 9.21 Å². The second-order valence-corrected chi connectivity index (χ2v) is 11.4. The van der Waals surface area contributed by atoms with E-state index in [1.807, 2.05) is 6.92 Å². The van der Waals surface area contributed by atoms with Gasteiger partial charge in [0.25, 0.3) is 0 Å². The van der Waals surface area contributed by atoms with Gasteiger partial charge in [-0.15, -0.1) is 0 Å². The van der Waals surface area contributed by atoms with Crippen molar-refractivity contribution in [2.75, 3.05) is 39.8 Å². The van der Waals surface area contributed by atoms with Crippen molar-refractivity contribution in [3.63, 3.8) is 0 Å². The van der Waals surface area contributed by atoms with Gasteiger partial charge in [-0.2, -0.15) is 4.31 Å². The lowest BCUT2D eigenvalue weighted by Gasteiger charge is -2.41. The van der Waals surface area contributed by atoms with Crippen molar-refractivity contribution in [2.24, 2.45) is 0 Å². The van der Waals surface area contributed by atoms with Crippen molar-refractivity contribution in [1.29, 1.82) is 0 Å². The van der Waals surface area contributed by atoms with Crippen LogP contribution in [0.3, 0.4) is 0 Å². The number of esters is 1. The first-order valence-corrected chi connectivity index (χ1v) is 13.9. The summed E-state index contributed by atoms with van der Waals surface area (Å²) in [4.78, 5) is 29.9. The van der Waals surface area contributed by atoms with E-state index in [4.69, 9.17) is 16.3 Å². The van der Waals surface area contributed by atoms with Gasteiger partial charge < -0.3 is 10.1 Å². The number of carbonyl (C=O) groups excluding carboxylic acids is 2. The maximum Gasteiger partial charge on any atom is 0.338 e. The van der Waals surface area contributed by atoms with Gasteiger partial charge >= 0.3 is 12.0 Å². The standard InChI is InChI=1S/C26H31ClN4O5S/c1-4-36-25(32)23-22(29(3)26(33)28-24(23)20-12-8-9-13-21(20)27)17-30-14-15-31(18(2)16-30)37(34,35)19-10-6-5-7-11-19/h5-13,18,24H,4,14-17H2,1-3H3,(H,28,33)/t18-,24-/m1/s1. The van der Waals surface area contributed by atoms with Gasteiger partial charge in [0.05, 0.1) is 23.1 Å². The maximum atomic E-state index is 13.2. The Bertz CT molecular complexity index is 1300. The van der Waals surface area contributed by atoms with E-state index < -0.39 is 22.0 Å². The van der Waals surface area contributed by atoms with Crippen molar-refractivity contribution in [3.8, 4) is 0 Å². The number of amides is 2. The van der Waals surface area contributed by atoms with Crippen LogP contribution in [0.1, 0.15) is 25.5 Å². The lowest BCUT2D eigenvalue weighted by molar-refractivity contribution is -0.139. The van der Waals surface area contributed by atoms with Crippen LogP contribution < -0.4 is 5.32 Å². The summed E-state index contributed by atoms with van der Waals surface area (Å²) in [5.74, 6) is -0.535. The van der Waals surface area contributed by atoms with E-state index in [2.05, 4.69) is 10.2 Å². The topological polar surface area (TPSA) is 99.3 Å².